The first kappa shape index (κ1) is 22.7. The lowest BCUT2D eigenvalue weighted by Crippen LogP contribution is -2.41. The van der Waals surface area contributed by atoms with Gasteiger partial charge in [-0.1, -0.05) is 54.1 Å². The van der Waals surface area contributed by atoms with Crippen LogP contribution in [-0.2, 0) is 6.54 Å². The minimum absolute atomic E-state index is 0.140. The zero-order chi connectivity index (χ0) is 24.1. The maximum atomic E-state index is 13.0. The highest BCUT2D eigenvalue weighted by molar-refractivity contribution is 6.30. The molecule has 2 N–H and O–H groups in total. The lowest BCUT2D eigenvalue weighted by molar-refractivity contribution is -0.384. The van der Waals surface area contributed by atoms with E-state index < -0.39 is 16.7 Å². The van der Waals surface area contributed by atoms with E-state index in [4.69, 9.17) is 11.6 Å². The number of carbonyl (C=O) groups excluding carboxylic acids is 2. The van der Waals surface area contributed by atoms with Crippen molar-refractivity contribution >= 4 is 29.1 Å². The second-order valence-corrected chi connectivity index (χ2v) is 7.73. The van der Waals surface area contributed by atoms with Crippen molar-refractivity contribution in [2.45, 2.75) is 6.54 Å². The van der Waals surface area contributed by atoms with Crippen molar-refractivity contribution in [1.29, 1.82) is 0 Å². The summed E-state index contributed by atoms with van der Waals surface area (Å²) < 4.78 is 1.65. The highest BCUT2D eigenvalue weighted by Gasteiger charge is 2.19. The van der Waals surface area contributed by atoms with Crippen molar-refractivity contribution in [1.82, 2.24) is 20.6 Å². The Morgan fingerprint density at radius 3 is 2.21 bits per heavy atom. The molecule has 10 heteroatoms. The Morgan fingerprint density at radius 2 is 1.56 bits per heavy atom. The number of nitrogens with zero attached hydrogens (tertiary/aromatic N) is 3. The van der Waals surface area contributed by atoms with E-state index in [-0.39, 0.29) is 16.8 Å². The van der Waals surface area contributed by atoms with Gasteiger partial charge in [0, 0.05) is 34.5 Å². The van der Waals surface area contributed by atoms with Gasteiger partial charge in [0.25, 0.3) is 17.5 Å². The van der Waals surface area contributed by atoms with Crippen LogP contribution in [0.5, 0.6) is 0 Å². The summed E-state index contributed by atoms with van der Waals surface area (Å²) in [6.07, 6.45) is 1.60. The van der Waals surface area contributed by atoms with Gasteiger partial charge in [0.1, 0.15) is 5.69 Å². The number of non-ortho nitro benzene ring substituents is 1. The zero-order valence-electron chi connectivity index (χ0n) is 17.6. The van der Waals surface area contributed by atoms with Gasteiger partial charge in [0.15, 0.2) is 0 Å². The number of aromatic nitrogens is 2. The van der Waals surface area contributed by atoms with Crippen LogP contribution in [0.25, 0.3) is 11.3 Å². The van der Waals surface area contributed by atoms with Crippen LogP contribution in [0.2, 0.25) is 5.02 Å². The second-order valence-electron chi connectivity index (χ2n) is 7.29. The third-order valence-electron chi connectivity index (χ3n) is 4.94. The Morgan fingerprint density at radius 1 is 0.912 bits per heavy atom. The van der Waals surface area contributed by atoms with Crippen molar-refractivity contribution in [2.75, 3.05) is 0 Å². The Bertz CT molecular complexity index is 1340. The summed E-state index contributed by atoms with van der Waals surface area (Å²) in [6, 6.07) is 21.6. The van der Waals surface area contributed by atoms with Gasteiger partial charge in [-0.15, -0.1) is 0 Å². The Kier molecular flexibility index (Phi) is 6.65. The molecule has 1 heterocycles. The number of nitro benzene ring substituents is 1. The van der Waals surface area contributed by atoms with Crippen molar-refractivity contribution in [2.24, 2.45) is 0 Å². The van der Waals surface area contributed by atoms with Crippen molar-refractivity contribution in [3.63, 3.8) is 0 Å². The summed E-state index contributed by atoms with van der Waals surface area (Å²) in [7, 11) is 0. The molecule has 1 aromatic heterocycles. The van der Waals surface area contributed by atoms with Crippen LogP contribution in [0.1, 0.15) is 26.3 Å². The van der Waals surface area contributed by atoms with E-state index in [9.17, 15) is 19.7 Å². The van der Waals surface area contributed by atoms with Gasteiger partial charge in [-0.2, -0.15) is 5.10 Å². The third-order valence-corrected chi connectivity index (χ3v) is 5.19. The molecule has 0 aliphatic heterocycles. The molecule has 170 valence electrons. The molecule has 0 saturated carbocycles. The van der Waals surface area contributed by atoms with Gasteiger partial charge in [-0.05, 0) is 29.8 Å². The Hall–Kier alpha value is -4.50. The summed E-state index contributed by atoms with van der Waals surface area (Å²) in [6.45, 7) is 0.448. The lowest BCUT2D eigenvalue weighted by atomic mass is 10.1. The van der Waals surface area contributed by atoms with E-state index >= 15 is 0 Å². The van der Waals surface area contributed by atoms with Gasteiger partial charge in [-0.3, -0.25) is 35.2 Å². The van der Waals surface area contributed by atoms with E-state index in [2.05, 4.69) is 16.0 Å². The number of halogens is 1. The number of hydrogen-bond donors (Lipinski definition) is 2. The number of hydrogen-bond acceptors (Lipinski definition) is 5. The first-order valence-electron chi connectivity index (χ1n) is 10.1. The maximum absolute atomic E-state index is 13.0. The van der Waals surface area contributed by atoms with Crippen LogP contribution < -0.4 is 10.9 Å². The minimum atomic E-state index is -0.618. The summed E-state index contributed by atoms with van der Waals surface area (Å²) >= 11 is 5.99. The molecule has 0 spiro atoms. The fourth-order valence-electron chi connectivity index (χ4n) is 3.25. The van der Waals surface area contributed by atoms with Gasteiger partial charge in [0.05, 0.1) is 17.0 Å². The van der Waals surface area contributed by atoms with Gasteiger partial charge in [-0.25, -0.2) is 0 Å². The monoisotopic (exact) mass is 475 g/mol. The van der Waals surface area contributed by atoms with Crippen LogP contribution in [0, 0.1) is 10.1 Å². The Balaban J connectivity index is 1.54. The normalized spacial score (nSPS) is 10.5. The largest absolute Gasteiger partial charge is 0.273 e. The highest BCUT2D eigenvalue weighted by Crippen LogP contribution is 2.24. The van der Waals surface area contributed by atoms with Crippen LogP contribution in [0.4, 0.5) is 5.69 Å². The molecule has 0 atom stereocenters. The molecule has 0 bridgehead atoms. The molecular formula is C24H18ClN5O4. The minimum Gasteiger partial charge on any atom is -0.267 e. The summed E-state index contributed by atoms with van der Waals surface area (Å²) in [5.74, 6) is -1.19. The fraction of sp³-hybridized carbons (Fsp3) is 0.0417. The standard InChI is InChI=1S/C24H18ClN5O4/c25-19-10-6-17(7-11-19)22-21(15-29(28-22)14-16-4-2-1-3-5-16)24(32)27-26-23(31)18-8-12-20(13-9-18)30(33)34/h1-13,15H,14H2,(H,26,31)(H,27,32). The van der Waals surface area contributed by atoms with E-state index in [1.807, 2.05) is 30.3 Å². The predicted molar refractivity (Wildman–Crippen MR) is 126 cm³/mol. The predicted octanol–water partition coefficient (Wildman–Crippen LogP) is 4.23. The number of amides is 2. The van der Waals surface area contributed by atoms with Crippen LogP contribution in [0.15, 0.2) is 85.1 Å². The number of rotatable bonds is 6. The fourth-order valence-corrected chi connectivity index (χ4v) is 3.37. The number of hydrazine groups is 1. The molecule has 0 aliphatic carbocycles. The van der Waals surface area contributed by atoms with Crippen LogP contribution in [-0.4, -0.2) is 26.5 Å². The molecular weight excluding hydrogens is 458 g/mol. The number of nitro groups is 1. The molecule has 3 aromatic carbocycles. The van der Waals surface area contributed by atoms with Gasteiger partial charge < -0.3 is 0 Å². The van der Waals surface area contributed by atoms with Crippen molar-refractivity contribution < 1.29 is 14.5 Å². The average molecular weight is 476 g/mol. The summed E-state index contributed by atoms with van der Waals surface area (Å²) in [4.78, 5) is 35.5. The first-order valence-corrected chi connectivity index (χ1v) is 10.5. The summed E-state index contributed by atoms with van der Waals surface area (Å²) in [5, 5.41) is 15.9. The molecule has 2 amide bonds. The second kappa shape index (κ2) is 9.97. The zero-order valence-corrected chi connectivity index (χ0v) is 18.4. The number of benzene rings is 3. The Labute approximate surface area is 199 Å². The van der Waals surface area contributed by atoms with Gasteiger partial charge >= 0.3 is 0 Å². The molecule has 0 saturated heterocycles. The highest BCUT2D eigenvalue weighted by atomic mass is 35.5. The molecule has 0 unspecified atom stereocenters. The van der Waals surface area contributed by atoms with E-state index in [0.29, 0.717) is 22.8 Å². The molecule has 9 nitrogen and oxygen atoms in total. The molecule has 0 aliphatic rings. The number of nitrogens with one attached hydrogen (secondary N) is 2. The first-order chi connectivity index (χ1) is 16.4. The number of carbonyl (C=O) groups is 2. The SMILES string of the molecule is O=C(NNC(=O)c1cn(Cc2ccccc2)nc1-c1ccc(Cl)cc1)c1ccc([N+](=O)[O-])cc1. The topological polar surface area (TPSA) is 119 Å². The molecule has 4 aromatic rings. The van der Waals surface area contributed by atoms with Crippen LogP contribution in [0.3, 0.4) is 0 Å². The third kappa shape index (κ3) is 5.28. The lowest BCUT2D eigenvalue weighted by Gasteiger charge is -2.07. The van der Waals surface area contributed by atoms with Gasteiger partial charge in [0.2, 0.25) is 0 Å². The molecule has 0 fully saturated rings. The average Bonchev–Trinajstić information content (AvgIpc) is 3.27. The smallest absolute Gasteiger partial charge is 0.267 e. The maximum Gasteiger partial charge on any atom is 0.273 e. The van der Waals surface area contributed by atoms with E-state index in [1.165, 1.54) is 24.3 Å². The molecule has 4 rings (SSSR count). The molecule has 0 radical (unpaired) electrons. The van der Waals surface area contributed by atoms with Crippen molar-refractivity contribution in [3.8, 4) is 11.3 Å². The quantitative estimate of drug-likeness (QED) is 0.319. The van der Waals surface area contributed by atoms with E-state index in [1.54, 1.807) is 35.1 Å². The van der Waals surface area contributed by atoms with E-state index in [0.717, 1.165) is 5.56 Å². The van der Waals surface area contributed by atoms with Crippen molar-refractivity contribution in [3.05, 3.63) is 117 Å². The summed E-state index contributed by atoms with van der Waals surface area (Å²) in [5.41, 5.74) is 7.09. The molecule has 34 heavy (non-hydrogen) atoms. The van der Waals surface area contributed by atoms with Crippen LogP contribution >= 0.6 is 11.6 Å².